The third-order valence-corrected chi connectivity index (χ3v) is 4.50. The minimum Gasteiger partial charge on any atom is -0.496 e. The van der Waals surface area contributed by atoms with Crippen LogP contribution in [0.25, 0.3) is 6.08 Å². The SMILES string of the molecule is COc1ccc(NC(=S)NC(=O)/C=C/c2ccc(C(C)C)cc2)cc1Br. The van der Waals surface area contributed by atoms with Gasteiger partial charge < -0.3 is 10.1 Å². The molecule has 0 radical (unpaired) electrons. The average Bonchev–Trinajstić information content (AvgIpc) is 2.60. The predicted molar refractivity (Wildman–Crippen MR) is 115 cm³/mol. The van der Waals surface area contributed by atoms with Crippen LogP contribution in [0.3, 0.4) is 0 Å². The lowest BCUT2D eigenvalue weighted by Gasteiger charge is -2.10. The van der Waals surface area contributed by atoms with Gasteiger partial charge in [0.15, 0.2) is 5.11 Å². The number of rotatable bonds is 5. The molecule has 0 saturated heterocycles. The molecule has 1 amide bonds. The van der Waals surface area contributed by atoms with E-state index in [1.165, 1.54) is 11.6 Å². The maximum Gasteiger partial charge on any atom is 0.250 e. The quantitative estimate of drug-likeness (QED) is 0.509. The molecule has 2 aromatic rings. The molecule has 0 heterocycles. The highest BCUT2D eigenvalue weighted by molar-refractivity contribution is 9.10. The first-order chi connectivity index (χ1) is 12.4. The van der Waals surface area contributed by atoms with Crippen LogP contribution in [-0.2, 0) is 4.79 Å². The lowest BCUT2D eigenvalue weighted by Crippen LogP contribution is -2.32. The summed E-state index contributed by atoms with van der Waals surface area (Å²) in [6.07, 6.45) is 3.22. The number of amides is 1. The van der Waals surface area contributed by atoms with Crippen molar-refractivity contribution >= 4 is 50.9 Å². The molecule has 2 N–H and O–H groups in total. The number of carbonyl (C=O) groups excluding carboxylic acids is 1. The average molecular weight is 433 g/mol. The van der Waals surface area contributed by atoms with E-state index in [-0.39, 0.29) is 11.0 Å². The number of hydrogen-bond acceptors (Lipinski definition) is 3. The van der Waals surface area contributed by atoms with Crippen LogP contribution in [0, 0.1) is 0 Å². The number of nitrogens with one attached hydrogen (secondary N) is 2. The van der Waals surface area contributed by atoms with Gasteiger partial charge in [-0.25, -0.2) is 0 Å². The van der Waals surface area contributed by atoms with Gasteiger partial charge in [-0.2, -0.15) is 0 Å². The summed E-state index contributed by atoms with van der Waals surface area (Å²) >= 11 is 8.58. The Hall–Kier alpha value is -2.18. The summed E-state index contributed by atoms with van der Waals surface area (Å²) in [5.74, 6) is 0.915. The first kappa shape index (κ1) is 20.1. The van der Waals surface area contributed by atoms with Crippen LogP contribution in [0.15, 0.2) is 53.0 Å². The third kappa shape index (κ3) is 5.97. The molecular formula is C20H21BrN2O2S. The fourth-order valence-electron chi connectivity index (χ4n) is 2.22. The summed E-state index contributed by atoms with van der Waals surface area (Å²) in [6, 6.07) is 13.6. The molecule has 4 nitrogen and oxygen atoms in total. The van der Waals surface area contributed by atoms with E-state index in [0.29, 0.717) is 5.92 Å². The Kier molecular flexibility index (Phi) is 7.36. The van der Waals surface area contributed by atoms with E-state index in [9.17, 15) is 4.79 Å². The second kappa shape index (κ2) is 9.50. The summed E-state index contributed by atoms with van der Waals surface area (Å²) in [5, 5.41) is 5.82. The summed E-state index contributed by atoms with van der Waals surface area (Å²) in [4.78, 5) is 12.0. The van der Waals surface area contributed by atoms with E-state index >= 15 is 0 Å². The molecule has 0 aliphatic carbocycles. The van der Waals surface area contributed by atoms with Crippen LogP contribution in [-0.4, -0.2) is 18.1 Å². The van der Waals surface area contributed by atoms with Gasteiger partial charge in [0.05, 0.1) is 11.6 Å². The van der Waals surface area contributed by atoms with Crippen molar-refractivity contribution in [3.8, 4) is 5.75 Å². The van der Waals surface area contributed by atoms with Gasteiger partial charge in [0.25, 0.3) is 0 Å². The van der Waals surface area contributed by atoms with Crippen LogP contribution in [0.5, 0.6) is 5.75 Å². The molecule has 2 rings (SSSR count). The van der Waals surface area contributed by atoms with Crippen LogP contribution in [0.1, 0.15) is 30.9 Å². The normalized spacial score (nSPS) is 10.8. The smallest absolute Gasteiger partial charge is 0.250 e. The number of carbonyl (C=O) groups is 1. The topological polar surface area (TPSA) is 50.4 Å². The highest BCUT2D eigenvalue weighted by Crippen LogP contribution is 2.27. The molecule has 0 saturated carbocycles. The highest BCUT2D eigenvalue weighted by atomic mass is 79.9. The van der Waals surface area contributed by atoms with Crippen LogP contribution in [0.4, 0.5) is 5.69 Å². The van der Waals surface area contributed by atoms with Crippen LogP contribution >= 0.6 is 28.1 Å². The van der Waals surface area contributed by atoms with Crippen molar-refractivity contribution in [1.82, 2.24) is 5.32 Å². The molecule has 0 unspecified atom stereocenters. The maximum atomic E-state index is 12.0. The Morgan fingerprint density at radius 3 is 2.46 bits per heavy atom. The zero-order valence-corrected chi connectivity index (χ0v) is 17.3. The summed E-state index contributed by atoms with van der Waals surface area (Å²) in [5.41, 5.74) is 2.97. The van der Waals surface area contributed by atoms with E-state index in [1.54, 1.807) is 19.3 Å². The number of ether oxygens (including phenoxy) is 1. The first-order valence-electron chi connectivity index (χ1n) is 8.12. The number of hydrogen-bond donors (Lipinski definition) is 2. The van der Waals surface area contributed by atoms with E-state index in [2.05, 4.69) is 52.5 Å². The Labute approximate surface area is 167 Å². The van der Waals surface area contributed by atoms with E-state index in [1.807, 2.05) is 24.3 Å². The zero-order valence-electron chi connectivity index (χ0n) is 14.9. The van der Waals surface area contributed by atoms with Crippen molar-refractivity contribution in [2.75, 3.05) is 12.4 Å². The molecule has 0 spiro atoms. The molecule has 2 aromatic carbocycles. The Morgan fingerprint density at radius 2 is 1.88 bits per heavy atom. The molecule has 0 aliphatic rings. The highest BCUT2D eigenvalue weighted by Gasteiger charge is 2.05. The summed E-state index contributed by atoms with van der Waals surface area (Å²) < 4.78 is 5.97. The van der Waals surface area contributed by atoms with E-state index in [4.69, 9.17) is 17.0 Å². The number of methoxy groups -OCH3 is 1. The van der Waals surface area contributed by atoms with Crippen molar-refractivity contribution in [3.63, 3.8) is 0 Å². The number of halogens is 1. The first-order valence-corrected chi connectivity index (χ1v) is 9.32. The van der Waals surface area contributed by atoms with Crippen molar-refractivity contribution in [1.29, 1.82) is 0 Å². The molecule has 0 atom stereocenters. The third-order valence-electron chi connectivity index (χ3n) is 3.68. The van der Waals surface area contributed by atoms with Crippen LogP contribution < -0.4 is 15.4 Å². The van der Waals surface area contributed by atoms with Crippen molar-refractivity contribution in [3.05, 3.63) is 64.1 Å². The van der Waals surface area contributed by atoms with Gasteiger partial charge in [-0.15, -0.1) is 0 Å². The Bertz CT molecular complexity index is 817. The van der Waals surface area contributed by atoms with Gasteiger partial charge in [0.2, 0.25) is 5.91 Å². The molecule has 0 aromatic heterocycles. The lowest BCUT2D eigenvalue weighted by molar-refractivity contribution is -0.115. The van der Waals surface area contributed by atoms with E-state index in [0.717, 1.165) is 21.5 Å². The van der Waals surface area contributed by atoms with Crippen LogP contribution in [0.2, 0.25) is 0 Å². The number of thiocarbonyl (C=S) groups is 1. The second-order valence-electron chi connectivity index (χ2n) is 5.95. The van der Waals surface area contributed by atoms with Crippen molar-refractivity contribution in [2.45, 2.75) is 19.8 Å². The van der Waals surface area contributed by atoms with Gasteiger partial charge in [-0.1, -0.05) is 38.1 Å². The summed E-state index contributed by atoms with van der Waals surface area (Å²) in [7, 11) is 1.60. The number of anilines is 1. The van der Waals surface area contributed by atoms with Gasteiger partial charge in [-0.05, 0) is 69.5 Å². The fourth-order valence-corrected chi connectivity index (χ4v) is 2.98. The van der Waals surface area contributed by atoms with Gasteiger partial charge in [0, 0.05) is 11.8 Å². The molecule has 0 fully saturated rings. The summed E-state index contributed by atoms with van der Waals surface area (Å²) in [6.45, 7) is 4.29. The zero-order chi connectivity index (χ0) is 19.1. The molecule has 6 heteroatoms. The molecule has 0 bridgehead atoms. The molecule has 0 aliphatic heterocycles. The molecular weight excluding hydrogens is 412 g/mol. The fraction of sp³-hybridized carbons (Fsp3) is 0.200. The van der Waals surface area contributed by atoms with E-state index < -0.39 is 0 Å². The molecule has 26 heavy (non-hydrogen) atoms. The second-order valence-corrected chi connectivity index (χ2v) is 7.21. The van der Waals surface area contributed by atoms with Crippen molar-refractivity contribution < 1.29 is 9.53 Å². The minimum absolute atomic E-state index is 0.229. The standard InChI is InChI=1S/C20H21BrN2O2S/c1-13(2)15-7-4-14(5-8-15)6-11-19(24)23-20(26)22-16-9-10-18(25-3)17(21)12-16/h4-13H,1-3H3,(H2,22,23,24,26)/b11-6+. The monoisotopic (exact) mass is 432 g/mol. The maximum absolute atomic E-state index is 12.0. The van der Waals surface area contributed by atoms with Gasteiger partial charge in [-0.3, -0.25) is 10.1 Å². The minimum atomic E-state index is -0.289. The predicted octanol–water partition coefficient (Wildman–Crippen LogP) is 5.11. The van der Waals surface area contributed by atoms with Gasteiger partial charge >= 0.3 is 0 Å². The van der Waals surface area contributed by atoms with Crippen molar-refractivity contribution in [2.24, 2.45) is 0 Å². The number of benzene rings is 2. The Balaban J connectivity index is 1.90. The largest absolute Gasteiger partial charge is 0.496 e. The van der Waals surface area contributed by atoms with Gasteiger partial charge in [0.1, 0.15) is 5.75 Å². The Morgan fingerprint density at radius 1 is 1.19 bits per heavy atom. The lowest BCUT2D eigenvalue weighted by atomic mass is 10.0. The molecule has 136 valence electrons.